The monoisotopic (exact) mass is 223 g/mol. The van der Waals surface area contributed by atoms with Crippen LogP contribution in [0.15, 0.2) is 0 Å². The molecule has 62 valence electrons. The lowest BCUT2D eigenvalue weighted by Crippen LogP contribution is -2.41. The summed E-state index contributed by atoms with van der Waals surface area (Å²) in [5.41, 5.74) is 0. The molecule has 0 saturated heterocycles. The maximum Gasteiger partial charge on any atom is 0.106 e. The summed E-state index contributed by atoms with van der Waals surface area (Å²) >= 11 is 4.14. The summed E-state index contributed by atoms with van der Waals surface area (Å²) in [4.78, 5) is 0. The topological polar surface area (TPSA) is 0 Å². The van der Waals surface area contributed by atoms with Gasteiger partial charge in [0.15, 0.2) is 0 Å². The third kappa shape index (κ3) is 0.387. The molecule has 0 amide bonds. The van der Waals surface area contributed by atoms with Crippen molar-refractivity contribution in [3.63, 3.8) is 0 Å². The highest BCUT2D eigenvalue weighted by Crippen LogP contribution is 2.87. The Labute approximate surface area is 81.2 Å². The van der Waals surface area contributed by atoms with E-state index >= 15 is 0 Å². The van der Waals surface area contributed by atoms with E-state index in [-0.39, 0.29) is 0 Å². The van der Waals surface area contributed by atoms with Crippen LogP contribution in [0.2, 0.25) is 0 Å². The molecule has 0 radical (unpaired) electrons. The van der Waals surface area contributed by atoms with Gasteiger partial charge in [0.25, 0.3) is 0 Å². The van der Waals surface area contributed by atoms with Crippen LogP contribution < -0.4 is 0 Å². The van der Waals surface area contributed by atoms with E-state index < -0.39 is 0 Å². The number of alkyl halides is 1. The van der Waals surface area contributed by atoms with E-state index in [4.69, 9.17) is 0 Å². The van der Waals surface area contributed by atoms with E-state index in [1.807, 2.05) is 0 Å². The lowest BCUT2D eigenvalue weighted by molar-refractivity contribution is 0.273. The fourth-order valence-electron chi connectivity index (χ4n) is 4.81. The van der Waals surface area contributed by atoms with Gasteiger partial charge in [-0.1, -0.05) is 15.9 Å². The molecule has 6 aliphatic carbocycles. The fourth-order valence-corrected chi connectivity index (χ4v) is 6.32. The maximum atomic E-state index is 4.14. The van der Waals surface area contributed by atoms with Gasteiger partial charge in [0.1, 0.15) is 23.7 Å². The van der Waals surface area contributed by atoms with Crippen molar-refractivity contribution < 1.29 is 0 Å². The molecule has 0 heterocycles. The molecule has 6 saturated carbocycles. The van der Waals surface area contributed by atoms with Crippen LogP contribution in [0.1, 0.15) is 19.3 Å². The van der Waals surface area contributed by atoms with Crippen molar-refractivity contribution in [2.24, 2.45) is 35.5 Å². The van der Waals surface area contributed by atoms with E-state index in [1.54, 1.807) is 19.3 Å². The molecule has 6 atom stereocenters. The summed E-state index contributed by atoms with van der Waals surface area (Å²) in [7, 11) is 0. The first-order valence-corrected chi connectivity index (χ1v) is 6.16. The molecular weight excluding hydrogens is 212 g/mol. The zero-order chi connectivity index (χ0) is 7.66. The Morgan fingerprint density at radius 1 is 0.917 bits per heavy atom. The van der Waals surface area contributed by atoms with Gasteiger partial charge in [-0.15, -0.1) is 0 Å². The second kappa shape index (κ2) is 1.32. The normalized spacial score (nSPS) is 79.2. The van der Waals surface area contributed by atoms with Crippen LogP contribution in [0.25, 0.3) is 0 Å². The van der Waals surface area contributed by atoms with Gasteiger partial charge < -0.3 is 0 Å². The van der Waals surface area contributed by atoms with E-state index in [9.17, 15) is 0 Å². The predicted octanol–water partition coefficient (Wildman–Crippen LogP) is 2.63. The van der Waals surface area contributed by atoms with Crippen LogP contribution in [0.5, 0.6) is 0 Å². The molecule has 12 heavy (non-hydrogen) atoms. The third-order valence-electron chi connectivity index (χ3n) is 5.36. The van der Waals surface area contributed by atoms with Gasteiger partial charge in [0.05, 0.1) is 0 Å². The Morgan fingerprint density at radius 3 is 1.75 bits per heavy atom. The zero-order valence-electron chi connectivity index (χ0n) is 6.96. The van der Waals surface area contributed by atoms with Crippen LogP contribution in [-0.4, -0.2) is 4.32 Å². The molecule has 2 bridgehead atoms. The number of hydrogen-bond acceptors (Lipinski definition) is 0. The Bertz CT molecular complexity index is 252. The first-order valence-electron chi connectivity index (χ1n) is 5.37. The molecule has 6 unspecified atom stereocenters. The fraction of sp³-hybridized carbons (Fsp3) is 0.909. The van der Waals surface area contributed by atoms with Gasteiger partial charge in [0, 0.05) is 22.1 Å². The molecule has 6 aliphatic rings. The van der Waals surface area contributed by atoms with Crippen molar-refractivity contribution >= 4 is 15.9 Å². The molecule has 0 spiro atoms. The van der Waals surface area contributed by atoms with Crippen LogP contribution in [0.4, 0.5) is 0 Å². The highest BCUT2D eigenvalue weighted by atomic mass is 79.9. The van der Waals surface area contributed by atoms with Gasteiger partial charge in [-0.05, 0) is 19.3 Å². The van der Waals surface area contributed by atoms with E-state index in [0.29, 0.717) is 4.32 Å². The van der Waals surface area contributed by atoms with E-state index in [2.05, 4.69) is 21.8 Å². The largest absolute Gasteiger partial charge is 0.106 e. The Balaban J connectivity index is 1.80. The lowest BCUT2D eigenvalue weighted by Gasteiger charge is -2.35. The molecule has 0 aromatic carbocycles. The molecule has 0 nitrogen and oxygen atoms in total. The van der Waals surface area contributed by atoms with Gasteiger partial charge in [-0.25, -0.2) is 0 Å². The molecule has 0 aromatic rings. The quantitative estimate of drug-likeness (QED) is 0.438. The van der Waals surface area contributed by atoms with Crippen LogP contribution in [-0.2, 0) is 0 Å². The molecule has 6 rings (SSSR count). The highest BCUT2D eigenvalue weighted by Gasteiger charge is 2.90. The highest BCUT2D eigenvalue weighted by molar-refractivity contribution is 9.10. The molecular formula is C11H12Br+. The summed E-state index contributed by atoms with van der Waals surface area (Å²) in [6.45, 7) is 0. The zero-order valence-corrected chi connectivity index (χ0v) is 8.55. The van der Waals surface area contributed by atoms with Gasteiger partial charge >= 0.3 is 0 Å². The van der Waals surface area contributed by atoms with Crippen molar-refractivity contribution in [1.82, 2.24) is 0 Å². The molecule has 0 aromatic heterocycles. The maximum absolute atomic E-state index is 4.14. The summed E-state index contributed by atoms with van der Waals surface area (Å²) in [6, 6.07) is 0. The molecule has 6 fully saturated rings. The summed E-state index contributed by atoms with van der Waals surface area (Å²) < 4.78 is 0.675. The molecule has 1 heteroatoms. The van der Waals surface area contributed by atoms with E-state index in [0.717, 1.165) is 35.5 Å². The van der Waals surface area contributed by atoms with Gasteiger partial charge in [-0.2, -0.15) is 0 Å². The number of rotatable bonds is 0. The van der Waals surface area contributed by atoms with Crippen LogP contribution in [0, 0.1) is 41.4 Å². The second-order valence-electron chi connectivity index (χ2n) is 5.67. The van der Waals surface area contributed by atoms with Crippen LogP contribution in [0.3, 0.4) is 0 Å². The average molecular weight is 224 g/mol. The Hall–Kier alpha value is 0.350. The SMILES string of the molecule is BrC12C3CC3[C+](C3CC31)C1CC12. The lowest BCUT2D eigenvalue weighted by atomic mass is 9.71. The first kappa shape index (κ1) is 5.95. The van der Waals surface area contributed by atoms with Crippen molar-refractivity contribution in [2.75, 3.05) is 0 Å². The van der Waals surface area contributed by atoms with Gasteiger partial charge in [0.2, 0.25) is 0 Å². The van der Waals surface area contributed by atoms with Crippen molar-refractivity contribution in [3.05, 3.63) is 5.92 Å². The van der Waals surface area contributed by atoms with Crippen molar-refractivity contribution in [1.29, 1.82) is 0 Å². The molecule has 0 aliphatic heterocycles. The first-order chi connectivity index (χ1) is 5.82. The minimum absolute atomic E-state index is 0.675. The smallest absolute Gasteiger partial charge is 0.0839 e. The summed E-state index contributed by atoms with van der Waals surface area (Å²) in [5.74, 6) is 8.68. The van der Waals surface area contributed by atoms with Crippen molar-refractivity contribution in [2.45, 2.75) is 23.6 Å². The number of halogens is 1. The average Bonchev–Trinajstić information content (AvgIpc) is 2.90. The Morgan fingerprint density at radius 2 is 1.33 bits per heavy atom. The Kier molecular flexibility index (Phi) is 0.655. The summed E-state index contributed by atoms with van der Waals surface area (Å²) in [5, 5.41) is 0. The standard InChI is InChI=1S/C11H12Br/c12-11-7-1-4(7)10(5-2-8(5)11)6-3-9(6)11/h4-9H,1-3H2/q+1. The third-order valence-corrected chi connectivity index (χ3v) is 7.12. The van der Waals surface area contributed by atoms with Crippen molar-refractivity contribution in [3.8, 4) is 0 Å². The number of hydrogen-bond donors (Lipinski definition) is 0. The second-order valence-corrected chi connectivity index (χ2v) is 7.05. The molecule has 0 N–H and O–H groups in total. The van der Waals surface area contributed by atoms with E-state index in [1.165, 1.54) is 0 Å². The predicted molar refractivity (Wildman–Crippen MR) is 49.7 cm³/mol. The van der Waals surface area contributed by atoms with Crippen LogP contribution >= 0.6 is 15.9 Å². The van der Waals surface area contributed by atoms with Gasteiger partial charge in [-0.3, -0.25) is 0 Å². The minimum atomic E-state index is 0.675. The minimum Gasteiger partial charge on any atom is -0.0839 e. The summed E-state index contributed by atoms with van der Waals surface area (Å²) in [6.07, 6.45) is 4.67.